The van der Waals surface area contributed by atoms with E-state index in [1.165, 1.54) is 4.90 Å². The van der Waals surface area contributed by atoms with Crippen LogP contribution in [0.2, 0.25) is 0 Å². The molecule has 1 aromatic rings. The van der Waals surface area contributed by atoms with Crippen LogP contribution in [0.5, 0.6) is 0 Å². The zero-order valence-electron chi connectivity index (χ0n) is 9.56. The smallest absolute Gasteiger partial charge is 0.206 e. The topological polar surface area (TPSA) is 66.5 Å². The number of methoxy groups -OCH3 is 1. The first kappa shape index (κ1) is 11.4. The van der Waals surface area contributed by atoms with Gasteiger partial charge in [0.05, 0.1) is 26.4 Å². The van der Waals surface area contributed by atoms with Gasteiger partial charge in [0.1, 0.15) is 19.6 Å². The second-order valence-electron chi connectivity index (χ2n) is 3.85. The molecule has 1 fully saturated rings. The molecule has 0 amide bonds. The van der Waals surface area contributed by atoms with Crippen LogP contribution in [0.25, 0.3) is 0 Å². The molecule has 7 nitrogen and oxygen atoms in total. The summed E-state index contributed by atoms with van der Waals surface area (Å²) in [7, 11) is 1.68. The van der Waals surface area contributed by atoms with Crippen LogP contribution < -0.4 is 4.90 Å². The molecule has 1 aliphatic rings. The number of nitrogens with one attached hydrogen (secondary N) is 1. The van der Waals surface area contributed by atoms with E-state index in [1.54, 1.807) is 7.11 Å². The Hall–Kier alpha value is -1.05. The summed E-state index contributed by atoms with van der Waals surface area (Å²) in [6, 6.07) is 0. The van der Waals surface area contributed by atoms with Gasteiger partial charge < -0.3 is 14.4 Å². The van der Waals surface area contributed by atoms with Crippen LogP contribution in [0.15, 0.2) is 0 Å². The third-order valence-corrected chi connectivity index (χ3v) is 2.72. The minimum Gasteiger partial charge on any atom is -0.383 e. The lowest BCUT2D eigenvalue weighted by molar-refractivity contribution is -0.922. The van der Waals surface area contributed by atoms with E-state index in [-0.39, 0.29) is 0 Å². The molecule has 7 heteroatoms. The maximum Gasteiger partial charge on any atom is 0.206 e. The highest BCUT2D eigenvalue weighted by molar-refractivity contribution is 4.76. The number of nitrogens with zero attached hydrogens (tertiary/aromatic N) is 4. The van der Waals surface area contributed by atoms with E-state index in [4.69, 9.17) is 9.47 Å². The first-order valence-corrected chi connectivity index (χ1v) is 5.55. The summed E-state index contributed by atoms with van der Waals surface area (Å²) < 4.78 is 12.1. The Kier molecular flexibility index (Phi) is 4.20. The zero-order chi connectivity index (χ0) is 11.2. The Morgan fingerprint density at radius 2 is 2.25 bits per heavy atom. The average Bonchev–Trinajstić information content (AvgIpc) is 2.75. The Labute approximate surface area is 94.3 Å². The van der Waals surface area contributed by atoms with Crippen molar-refractivity contribution in [2.45, 2.75) is 13.1 Å². The predicted octanol–water partition coefficient (Wildman–Crippen LogP) is -2.27. The zero-order valence-corrected chi connectivity index (χ0v) is 9.56. The van der Waals surface area contributed by atoms with Gasteiger partial charge in [0.2, 0.25) is 5.82 Å². The normalized spacial score (nSPS) is 17.8. The molecule has 1 N–H and O–H groups in total. The van der Waals surface area contributed by atoms with E-state index in [0.29, 0.717) is 13.2 Å². The summed E-state index contributed by atoms with van der Waals surface area (Å²) in [5.74, 6) is 0.925. The number of ether oxygens (including phenoxy) is 2. The first-order chi connectivity index (χ1) is 7.90. The molecule has 2 rings (SSSR count). The molecule has 90 valence electrons. The molecule has 2 heterocycles. The largest absolute Gasteiger partial charge is 0.383 e. The van der Waals surface area contributed by atoms with Crippen molar-refractivity contribution in [3.63, 3.8) is 0 Å². The van der Waals surface area contributed by atoms with Crippen molar-refractivity contribution in [1.29, 1.82) is 0 Å². The summed E-state index contributed by atoms with van der Waals surface area (Å²) in [5, 5.41) is 11.7. The maximum atomic E-state index is 5.31. The van der Waals surface area contributed by atoms with Crippen molar-refractivity contribution in [1.82, 2.24) is 20.2 Å². The number of hydrogen-bond acceptors (Lipinski definition) is 5. The second-order valence-corrected chi connectivity index (χ2v) is 3.85. The second kappa shape index (κ2) is 5.88. The van der Waals surface area contributed by atoms with E-state index in [0.717, 1.165) is 38.7 Å². The van der Waals surface area contributed by atoms with Gasteiger partial charge in [0.15, 0.2) is 0 Å². The quantitative estimate of drug-likeness (QED) is 0.616. The van der Waals surface area contributed by atoms with Gasteiger partial charge in [-0.2, -0.15) is 0 Å². The van der Waals surface area contributed by atoms with Crippen molar-refractivity contribution in [3.05, 3.63) is 5.82 Å². The molecule has 0 unspecified atom stereocenters. The van der Waals surface area contributed by atoms with Gasteiger partial charge in [0.25, 0.3) is 0 Å². The number of aromatic nitrogens is 4. The van der Waals surface area contributed by atoms with E-state index in [1.807, 2.05) is 4.68 Å². The summed E-state index contributed by atoms with van der Waals surface area (Å²) in [6.07, 6.45) is 0. The molecule has 0 spiro atoms. The molecule has 0 radical (unpaired) electrons. The van der Waals surface area contributed by atoms with Crippen molar-refractivity contribution in [2.75, 3.05) is 40.0 Å². The lowest BCUT2D eigenvalue weighted by atomic mass is 10.4. The lowest BCUT2D eigenvalue weighted by Gasteiger charge is -2.22. The minimum atomic E-state index is 0.635. The highest BCUT2D eigenvalue weighted by atomic mass is 16.5. The van der Waals surface area contributed by atoms with Crippen molar-refractivity contribution in [2.24, 2.45) is 0 Å². The highest BCUT2D eigenvalue weighted by Crippen LogP contribution is 1.90. The van der Waals surface area contributed by atoms with Gasteiger partial charge in [-0.3, -0.25) is 0 Å². The summed E-state index contributed by atoms with van der Waals surface area (Å²) >= 11 is 0. The number of tetrazole rings is 1. The molecule has 0 saturated carbocycles. The van der Waals surface area contributed by atoms with Gasteiger partial charge in [-0.25, -0.2) is 4.68 Å². The standard InChI is InChI=1S/C9H17N5O2/c1-15-5-4-14-9(10-11-12-14)8-13-2-6-16-7-3-13/h2-8H2,1H3/p+1. The van der Waals surface area contributed by atoms with Crippen LogP contribution in [0.1, 0.15) is 5.82 Å². The molecule has 0 bridgehead atoms. The molecule has 0 aliphatic carbocycles. The van der Waals surface area contributed by atoms with Crippen molar-refractivity contribution < 1.29 is 14.4 Å². The van der Waals surface area contributed by atoms with Crippen LogP contribution in [0.3, 0.4) is 0 Å². The molecular weight excluding hydrogens is 210 g/mol. The van der Waals surface area contributed by atoms with Crippen LogP contribution in [0, 0.1) is 0 Å². The van der Waals surface area contributed by atoms with Gasteiger partial charge in [-0.15, -0.1) is 5.10 Å². The van der Waals surface area contributed by atoms with Gasteiger partial charge in [0, 0.05) is 7.11 Å². The molecule has 16 heavy (non-hydrogen) atoms. The molecule has 1 aromatic heterocycles. The number of quaternary nitrogens is 1. The molecule has 1 aliphatic heterocycles. The number of hydrogen-bond donors (Lipinski definition) is 1. The summed E-state index contributed by atoms with van der Waals surface area (Å²) in [4.78, 5) is 1.47. The lowest BCUT2D eigenvalue weighted by Crippen LogP contribution is -3.12. The van der Waals surface area contributed by atoms with E-state index in [9.17, 15) is 0 Å². The van der Waals surface area contributed by atoms with Crippen LogP contribution in [-0.4, -0.2) is 60.2 Å². The van der Waals surface area contributed by atoms with E-state index in [2.05, 4.69) is 15.5 Å². The van der Waals surface area contributed by atoms with Crippen LogP contribution in [-0.2, 0) is 22.6 Å². The van der Waals surface area contributed by atoms with Gasteiger partial charge in [-0.1, -0.05) is 0 Å². The number of morpholine rings is 1. The first-order valence-electron chi connectivity index (χ1n) is 5.55. The van der Waals surface area contributed by atoms with Crippen LogP contribution >= 0.6 is 0 Å². The van der Waals surface area contributed by atoms with Crippen molar-refractivity contribution in [3.8, 4) is 0 Å². The van der Waals surface area contributed by atoms with Gasteiger partial charge >= 0.3 is 0 Å². The Bertz CT molecular complexity index is 311. The van der Waals surface area contributed by atoms with Gasteiger partial charge in [-0.05, 0) is 10.4 Å². The Morgan fingerprint density at radius 3 is 3.00 bits per heavy atom. The fraction of sp³-hybridized carbons (Fsp3) is 0.889. The molecular formula is C9H18N5O2+. The van der Waals surface area contributed by atoms with E-state index < -0.39 is 0 Å². The molecule has 0 atom stereocenters. The van der Waals surface area contributed by atoms with Crippen molar-refractivity contribution >= 4 is 0 Å². The summed E-state index contributed by atoms with van der Waals surface area (Å²) in [6.45, 7) is 5.91. The third kappa shape index (κ3) is 2.97. The fourth-order valence-corrected chi connectivity index (χ4v) is 1.76. The minimum absolute atomic E-state index is 0.635. The predicted molar refractivity (Wildman–Crippen MR) is 54.9 cm³/mol. The highest BCUT2D eigenvalue weighted by Gasteiger charge is 2.17. The SMILES string of the molecule is COCCn1nnnc1C[NH+]1CCOCC1. The molecule has 0 aromatic carbocycles. The molecule has 1 saturated heterocycles. The maximum absolute atomic E-state index is 5.31. The fourth-order valence-electron chi connectivity index (χ4n) is 1.76. The number of rotatable bonds is 5. The Morgan fingerprint density at radius 1 is 1.44 bits per heavy atom. The van der Waals surface area contributed by atoms with Crippen LogP contribution in [0.4, 0.5) is 0 Å². The average molecular weight is 228 g/mol. The monoisotopic (exact) mass is 228 g/mol. The third-order valence-electron chi connectivity index (χ3n) is 2.72. The van der Waals surface area contributed by atoms with E-state index >= 15 is 0 Å². The summed E-state index contributed by atoms with van der Waals surface area (Å²) in [5.41, 5.74) is 0. The Balaban J connectivity index is 1.89.